The van der Waals surface area contributed by atoms with Gasteiger partial charge in [-0.25, -0.2) is 0 Å². The molecule has 1 amide bonds. The number of piperidine rings is 1. The molecule has 5 heteroatoms. The molecule has 2 aromatic rings. The monoisotopic (exact) mass is 346 g/mol. The fourth-order valence-corrected chi connectivity index (χ4v) is 3.20. The van der Waals surface area contributed by atoms with Gasteiger partial charge in [0.05, 0.1) is 11.9 Å². The number of nitrogens with one attached hydrogen (secondary N) is 1. The van der Waals surface area contributed by atoms with E-state index in [0.717, 1.165) is 24.9 Å². The summed E-state index contributed by atoms with van der Waals surface area (Å²) < 4.78 is 0. The molecule has 0 atom stereocenters. The van der Waals surface area contributed by atoms with E-state index in [-0.39, 0.29) is 11.5 Å². The van der Waals surface area contributed by atoms with Gasteiger partial charge in [-0.3, -0.25) is 9.78 Å². The molecule has 1 aromatic heterocycles. The van der Waals surface area contributed by atoms with Crippen LogP contribution in [-0.4, -0.2) is 28.9 Å². The molecule has 0 unspecified atom stereocenters. The Kier molecular flexibility index (Phi) is 6.00. The lowest BCUT2D eigenvalue weighted by Gasteiger charge is -2.32. The number of hydrogen-bond acceptors (Lipinski definition) is 4. The van der Waals surface area contributed by atoms with E-state index >= 15 is 0 Å². The summed E-state index contributed by atoms with van der Waals surface area (Å²) in [6.07, 6.45) is 7.77. The number of likely N-dealkylation sites (tertiary alicyclic amines) is 1. The van der Waals surface area contributed by atoms with Gasteiger partial charge in [-0.1, -0.05) is 30.3 Å². The average Bonchev–Trinajstić information content (AvgIpc) is 2.70. The minimum Gasteiger partial charge on any atom is -0.359 e. The number of nitrogens with zero attached hydrogens (tertiary/aromatic N) is 3. The van der Waals surface area contributed by atoms with Crippen LogP contribution in [-0.2, 0) is 11.2 Å². The molecule has 0 radical (unpaired) electrons. The maximum atomic E-state index is 12.6. The highest BCUT2D eigenvalue weighted by atomic mass is 16.2. The summed E-state index contributed by atoms with van der Waals surface area (Å²) in [5.41, 5.74) is 2.21. The lowest BCUT2D eigenvalue weighted by Crippen LogP contribution is -2.39. The molecule has 1 saturated heterocycles. The second-order valence-electron chi connectivity index (χ2n) is 6.48. The fraction of sp³-hybridized carbons (Fsp3) is 0.286. The highest BCUT2D eigenvalue weighted by Gasteiger charge is 2.25. The number of amides is 1. The zero-order valence-corrected chi connectivity index (χ0v) is 14.6. The van der Waals surface area contributed by atoms with Crippen molar-refractivity contribution in [3.8, 4) is 6.07 Å². The van der Waals surface area contributed by atoms with E-state index < -0.39 is 0 Å². The van der Waals surface area contributed by atoms with Gasteiger partial charge < -0.3 is 10.2 Å². The molecule has 1 fully saturated rings. The molecule has 1 N–H and O–H groups in total. The summed E-state index contributed by atoms with van der Waals surface area (Å²) in [5.74, 6) is 0.381. The Bertz CT molecular complexity index is 788. The molecule has 132 valence electrons. The molecule has 1 aliphatic rings. The van der Waals surface area contributed by atoms with Crippen molar-refractivity contribution in [1.82, 2.24) is 9.88 Å². The first kappa shape index (κ1) is 17.7. The molecule has 2 heterocycles. The van der Waals surface area contributed by atoms with Gasteiger partial charge in [-0.05, 0) is 42.9 Å². The van der Waals surface area contributed by atoms with Gasteiger partial charge in [0.2, 0.25) is 0 Å². The van der Waals surface area contributed by atoms with Gasteiger partial charge in [0.25, 0.3) is 5.91 Å². The molecule has 3 rings (SSSR count). The normalized spacial score (nSPS) is 15.3. The highest BCUT2D eigenvalue weighted by molar-refractivity contribution is 5.97. The number of rotatable bonds is 5. The lowest BCUT2D eigenvalue weighted by molar-refractivity contribution is -0.128. The largest absolute Gasteiger partial charge is 0.359 e. The Morgan fingerprint density at radius 1 is 1.23 bits per heavy atom. The summed E-state index contributed by atoms with van der Waals surface area (Å²) >= 11 is 0. The Morgan fingerprint density at radius 3 is 2.65 bits per heavy atom. The van der Waals surface area contributed by atoms with Crippen molar-refractivity contribution in [3.63, 3.8) is 0 Å². The van der Waals surface area contributed by atoms with Gasteiger partial charge in [0.1, 0.15) is 11.6 Å². The third-order valence-electron chi connectivity index (χ3n) is 4.66. The second kappa shape index (κ2) is 8.82. The van der Waals surface area contributed by atoms with E-state index in [9.17, 15) is 10.1 Å². The van der Waals surface area contributed by atoms with E-state index in [1.165, 1.54) is 11.8 Å². The van der Waals surface area contributed by atoms with Crippen molar-refractivity contribution >= 4 is 11.6 Å². The van der Waals surface area contributed by atoms with Gasteiger partial charge in [0, 0.05) is 25.5 Å². The Labute approximate surface area is 154 Å². The number of carbonyl (C=O) groups is 1. The first-order valence-corrected chi connectivity index (χ1v) is 8.86. The van der Waals surface area contributed by atoms with Crippen LogP contribution in [0.5, 0.6) is 0 Å². The Balaban J connectivity index is 1.54. The van der Waals surface area contributed by atoms with Crippen molar-refractivity contribution in [3.05, 3.63) is 72.2 Å². The maximum Gasteiger partial charge on any atom is 0.266 e. The first-order chi connectivity index (χ1) is 12.8. The van der Waals surface area contributed by atoms with Crippen molar-refractivity contribution < 1.29 is 4.79 Å². The summed E-state index contributed by atoms with van der Waals surface area (Å²) in [7, 11) is 0. The van der Waals surface area contributed by atoms with Gasteiger partial charge in [0.15, 0.2) is 0 Å². The Hall–Kier alpha value is -3.13. The molecule has 0 spiro atoms. The second-order valence-corrected chi connectivity index (χ2v) is 6.48. The summed E-state index contributed by atoms with van der Waals surface area (Å²) in [6, 6.07) is 16.1. The first-order valence-electron chi connectivity index (χ1n) is 8.86. The number of anilines is 1. The quantitative estimate of drug-likeness (QED) is 0.666. The van der Waals surface area contributed by atoms with E-state index in [1.807, 2.05) is 18.2 Å². The molecule has 0 aliphatic carbocycles. The third-order valence-corrected chi connectivity index (χ3v) is 4.66. The molecule has 1 aliphatic heterocycles. The number of aromatic nitrogens is 1. The summed E-state index contributed by atoms with van der Waals surface area (Å²) in [4.78, 5) is 18.4. The third kappa shape index (κ3) is 4.70. The number of nitriles is 1. The van der Waals surface area contributed by atoms with Gasteiger partial charge >= 0.3 is 0 Å². The zero-order chi connectivity index (χ0) is 18.2. The molecule has 1 aromatic carbocycles. The van der Waals surface area contributed by atoms with Crippen LogP contribution >= 0.6 is 0 Å². The number of carbonyl (C=O) groups excluding carboxylic acids is 1. The van der Waals surface area contributed by atoms with Gasteiger partial charge in [-0.15, -0.1) is 0 Å². The minimum atomic E-state index is -0.206. The topological polar surface area (TPSA) is 69.0 Å². The lowest BCUT2D eigenvalue weighted by atomic mass is 9.90. The minimum absolute atomic E-state index is 0.121. The number of pyridine rings is 1. The SMILES string of the molecule is N#C/C(=C/Nc1cccnc1)C(=O)N1CCC(Cc2ccccc2)CC1. The van der Waals surface area contributed by atoms with E-state index in [4.69, 9.17) is 0 Å². The fourth-order valence-electron chi connectivity index (χ4n) is 3.20. The Morgan fingerprint density at radius 2 is 2.00 bits per heavy atom. The van der Waals surface area contributed by atoms with Crippen LogP contribution in [0.2, 0.25) is 0 Å². The smallest absolute Gasteiger partial charge is 0.266 e. The average molecular weight is 346 g/mol. The predicted molar refractivity (Wildman–Crippen MR) is 101 cm³/mol. The van der Waals surface area contributed by atoms with Crippen LogP contribution in [0, 0.1) is 17.2 Å². The molecular formula is C21H22N4O. The highest BCUT2D eigenvalue weighted by Crippen LogP contribution is 2.22. The number of hydrogen-bond donors (Lipinski definition) is 1. The van der Waals surface area contributed by atoms with Crippen LogP contribution in [0.15, 0.2) is 66.6 Å². The van der Waals surface area contributed by atoms with Crippen molar-refractivity contribution in [1.29, 1.82) is 5.26 Å². The van der Waals surface area contributed by atoms with Crippen molar-refractivity contribution in [2.45, 2.75) is 19.3 Å². The van der Waals surface area contributed by atoms with E-state index in [2.05, 4.69) is 34.6 Å². The van der Waals surface area contributed by atoms with E-state index in [1.54, 1.807) is 23.4 Å². The van der Waals surface area contributed by atoms with E-state index in [0.29, 0.717) is 19.0 Å². The molecule has 0 saturated carbocycles. The van der Waals surface area contributed by atoms with Crippen LogP contribution < -0.4 is 5.32 Å². The summed E-state index contributed by atoms with van der Waals surface area (Å²) in [6.45, 7) is 1.39. The van der Waals surface area contributed by atoms with Crippen LogP contribution in [0.1, 0.15) is 18.4 Å². The van der Waals surface area contributed by atoms with Gasteiger partial charge in [-0.2, -0.15) is 5.26 Å². The van der Waals surface area contributed by atoms with Crippen LogP contribution in [0.3, 0.4) is 0 Å². The number of benzene rings is 1. The van der Waals surface area contributed by atoms with Crippen LogP contribution in [0.25, 0.3) is 0 Å². The van der Waals surface area contributed by atoms with Crippen LogP contribution in [0.4, 0.5) is 5.69 Å². The van der Waals surface area contributed by atoms with Crippen molar-refractivity contribution in [2.75, 3.05) is 18.4 Å². The standard InChI is InChI=1S/C21H22N4O/c22-14-19(15-24-20-7-4-10-23-16-20)21(26)25-11-8-18(9-12-25)13-17-5-2-1-3-6-17/h1-7,10,15-16,18,24H,8-9,11-13H2/b19-15-. The molecule has 5 nitrogen and oxygen atoms in total. The molecule has 0 bridgehead atoms. The zero-order valence-electron chi connectivity index (χ0n) is 14.6. The van der Waals surface area contributed by atoms with Crippen molar-refractivity contribution in [2.24, 2.45) is 5.92 Å². The summed E-state index contributed by atoms with van der Waals surface area (Å²) in [5, 5.41) is 12.3. The maximum absolute atomic E-state index is 12.6. The molecule has 26 heavy (non-hydrogen) atoms. The predicted octanol–water partition coefficient (Wildman–Crippen LogP) is 3.38. The molecular weight excluding hydrogens is 324 g/mol.